The lowest BCUT2D eigenvalue weighted by molar-refractivity contribution is 0.178. The van der Waals surface area contributed by atoms with E-state index in [9.17, 15) is 5.11 Å². The summed E-state index contributed by atoms with van der Waals surface area (Å²) in [6, 6.07) is 6.31. The Morgan fingerprint density at radius 3 is 2.86 bits per heavy atom. The molecule has 0 amide bonds. The van der Waals surface area contributed by atoms with Gasteiger partial charge in [-0.25, -0.2) is 0 Å². The summed E-state index contributed by atoms with van der Waals surface area (Å²) in [5, 5.41) is 13.2. The van der Waals surface area contributed by atoms with Crippen LogP contribution in [0.5, 0.6) is 0 Å². The first-order valence-electron chi connectivity index (χ1n) is 5.17. The highest BCUT2D eigenvalue weighted by Gasteiger charge is 2.20. The fraction of sp³-hybridized carbons (Fsp3) is 0.500. The molecule has 0 aliphatic carbocycles. The summed E-state index contributed by atoms with van der Waals surface area (Å²) in [4.78, 5) is 0. The van der Waals surface area contributed by atoms with Crippen LogP contribution in [0, 0.1) is 6.92 Å². The molecule has 2 heteroatoms. The second kappa shape index (κ2) is 3.71. The van der Waals surface area contributed by atoms with Crippen LogP contribution in [0.2, 0.25) is 0 Å². The average molecular weight is 191 g/mol. The third-order valence-corrected chi connectivity index (χ3v) is 2.92. The van der Waals surface area contributed by atoms with E-state index in [1.807, 2.05) is 0 Å². The number of nitrogens with one attached hydrogen (secondary N) is 1. The van der Waals surface area contributed by atoms with Crippen LogP contribution in [0.25, 0.3) is 0 Å². The first-order chi connectivity index (χ1) is 6.68. The van der Waals surface area contributed by atoms with E-state index in [1.165, 1.54) is 11.1 Å². The molecule has 0 bridgehead atoms. The van der Waals surface area contributed by atoms with Crippen LogP contribution < -0.4 is 5.32 Å². The van der Waals surface area contributed by atoms with Gasteiger partial charge in [0.25, 0.3) is 0 Å². The molecule has 1 aliphatic rings. The van der Waals surface area contributed by atoms with Crippen LogP contribution in [0.4, 0.5) is 0 Å². The number of aliphatic hydroxyl groups excluding tert-OH is 1. The molecule has 2 nitrogen and oxygen atoms in total. The molecule has 1 aliphatic heterocycles. The van der Waals surface area contributed by atoms with E-state index in [0.717, 1.165) is 12.1 Å². The van der Waals surface area contributed by atoms with Gasteiger partial charge in [-0.15, -0.1) is 0 Å². The Bertz CT molecular complexity index is 335. The Balaban J connectivity index is 2.48. The number of aliphatic hydroxyl groups is 1. The first kappa shape index (κ1) is 9.69. The Morgan fingerprint density at radius 2 is 2.07 bits per heavy atom. The van der Waals surface area contributed by atoms with Gasteiger partial charge in [0.2, 0.25) is 0 Å². The third kappa shape index (κ3) is 1.68. The van der Waals surface area contributed by atoms with Crippen LogP contribution in [-0.2, 0) is 0 Å². The van der Waals surface area contributed by atoms with Gasteiger partial charge in [-0.2, -0.15) is 0 Å². The summed E-state index contributed by atoms with van der Waals surface area (Å²) in [5.41, 5.74) is 3.65. The van der Waals surface area contributed by atoms with E-state index < -0.39 is 0 Å². The number of fused-ring (bicyclic) bond motifs is 1. The van der Waals surface area contributed by atoms with Gasteiger partial charge < -0.3 is 10.4 Å². The summed E-state index contributed by atoms with van der Waals surface area (Å²) in [6.45, 7) is 5.91. The maximum Gasteiger partial charge on any atom is 0.0917 e. The molecular formula is C12H17NO. The van der Waals surface area contributed by atoms with Gasteiger partial charge in [0.05, 0.1) is 6.10 Å². The minimum absolute atomic E-state index is 0.351. The fourth-order valence-corrected chi connectivity index (χ4v) is 2.08. The van der Waals surface area contributed by atoms with Crippen molar-refractivity contribution in [3.8, 4) is 0 Å². The van der Waals surface area contributed by atoms with Crippen molar-refractivity contribution in [1.82, 2.24) is 5.32 Å². The number of benzene rings is 1. The normalized spacial score (nSPS) is 26.8. The predicted molar refractivity (Wildman–Crippen MR) is 57.4 cm³/mol. The lowest BCUT2D eigenvalue weighted by atomic mass is 9.93. The highest BCUT2D eigenvalue weighted by atomic mass is 16.3. The van der Waals surface area contributed by atoms with Crippen molar-refractivity contribution in [3.63, 3.8) is 0 Å². The first-order valence-corrected chi connectivity index (χ1v) is 5.17. The number of rotatable bonds is 0. The van der Waals surface area contributed by atoms with Crippen LogP contribution in [0.3, 0.4) is 0 Å². The molecule has 0 fully saturated rings. The molecule has 1 aromatic carbocycles. The van der Waals surface area contributed by atoms with E-state index in [0.29, 0.717) is 12.5 Å². The zero-order valence-electron chi connectivity index (χ0n) is 8.75. The van der Waals surface area contributed by atoms with Crippen molar-refractivity contribution < 1.29 is 5.11 Å². The van der Waals surface area contributed by atoms with E-state index in [-0.39, 0.29) is 6.10 Å². The number of β-amino-alcohol motifs (C(OH)–C–C–N with tert-alkyl or cyclic N) is 1. The second-order valence-electron chi connectivity index (χ2n) is 4.21. The molecular weight excluding hydrogens is 174 g/mol. The standard InChI is InChI=1S/C12H17NO/c1-8-3-4-10-11(5-8)9(2)6-13-7-12(10)14/h3-5,9,12-14H,6-7H2,1-2H3. The Hall–Kier alpha value is -0.860. The van der Waals surface area contributed by atoms with Gasteiger partial charge >= 0.3 is 0 Å². The quantitative estimate of drug-likeness (QED) is 0.654. The van der Waals surface area contributed by atoms with Gasteiger partial charge in [-0.05, 0) is 24.0 Å². The maximum atomic E-state index is 9.89. The zero-order chi connectivity index (χ0) is 10.1. The third-order valence-electron chi connectivity index (χ3n) is 2.92. The monoisotopic (exact) mass is 191 g/mol. The largest absolute Gasteiger partial charge is 0.387 e. The molecule has 0 radical (unpaired) electrons. The number of aryl methyl sites for hydroxylation is 1. The van der Waals surface area contributed by atoms with Crippen molar-refractivity contribution >= 4 is 0 Å². The SMILES string of the molecule is Cc1ccc2c(c1)C(C)CNCC2O. The molecule has 0 spiro atoms. The molecule has 14 heavy (non-hydrogen) atoms. The summed E-state index contributed by atoms with van der Waals surface area (Å²) in [5.74, 6) is 0.488. The maximum absolute atomic E-state index is 9.89. The van der Waals surface area contributed by atoms with Crippen LogP contribution >= 0.6 is 0 Å². The molecule has 76 valence electrons. The smallest absolute Gasteiger partial charge is 0.0917 e. The molecule has 0 saturated heterocycles. The van der Waals surface area contributed by atoms with E-state index in [1.54, 1.807) is 0 Å². The van der Waals surface area contributed by atoms with Crippen LogP contribution in [0.15, 0.2) is 18.2 Å². The molecule has 2 N–H and O–H groups in total. The summed E-state index contributed by atoms with van der Waals surface area (Å²) in [7, 11) is 0. The van der Waals surface area contributed by atoms with Gasteiger partial charge in [-0.3, -0.25) is 0 Å². The highest BCUT2D eigenvalue weighted by Crippen LogP contribution is 2.28. The van der Waals surface area contributed by atoms with Gasteiger partial charge in [0.1, 0.15) is 0 Å². The van der Waals surface area contributed by atoms with Crippen molar-refractivity contribution in [2.75, 3.05) is 13.1 Å². The fourth-order valence-electron chi connectivity index (χ4n) is 2.08. The molecule has 2 unspecified atom stereocenters. The lowest BCUT2D eigenvalue weighted by Crippen LogP contribution is -2.21. The molecule has 2 rings (SSSR count). The van der Waals surface area contributed by atoms with E-state index in [2.05, 4.69) is 37.4 Å². The van der Waals surface area contributed by atoms with Crippen molar-refractivity contribution in [1.29, 1.82) is 0 Å². The minimum Gasteiger partial charge on any atom is -0.387 e. The molecule has 1 aromatic rings. The average Bonchev–Trinajstić information content (AvgIpc) is 2.28. The Labute approximate surface area is 85.0 Å². The van der Waals surface area contributed by atoms with Crippen LogP contribution in [0.1, 0.15) is 35.6 Å². The topological polar surface area (TPSA) is 32.3 Å². The molecule has 0 saturated carbocycles. The van der Waals surface area contributed by atoms with Crippen molar-refractivity contribution in [2.45, 2.75) is 25.9 Å². The summed E-state index contributed by atoms with van der Waals surface area (Å²) in [6.07, 6.45) is -0.351. The van der Waals surface area contributed by atoms with E-state index in [4.69, 9.17) is 0 Å². The molecule has 0 aromatic heterocycles. The van der Waals surface area contributed by atoms with Gasteiger partial charge in [-0.1, -0.05) is 30.7 Å². The number of hydrogen-bond donors (Lipinski definition) is 2. The summed E-state index contributed by atoms with van der Waals surface area (Å²) < 4.78 is 0. The van der Waals surface area contributed by atoms with Gasteiger partial charge in [0.15, 0.2) is 0 Å². The second-order valence-corrected chi connectivity index (χ2v) is 4.21. The van der Waals surface area contributed by atoms with Crippen molar-refractivity contribution in [3.05, 3.63) is 34.9 Å². The van der Waals surface area contributed by atoms with Crippen molar-refractivity contribution in [2.24, 2.45) is 0 Å². The molecule has 1 heterocycles. The predicted octanol–water partition coefficient (Wildman–Crippen LogP) is 1.74. The molecule has 2 atom stereocenters. The number of hydrogen-bond acceptors (Lipinski definition) is 2. The van der Waals surface area contributed by atoms with Gasteiger partial charge in [0, 0.05) is 13.1 Å². The zero-order valence-corrected chi connectivity index (χ0v) is 8.75. The lowest BCUT2D eigenvalue weighted by Gasteiger charge is -2.14. The minimum atomic E-state index is -0.351. The Kier molecular flexibility index (Phi) is 2.57. The van der Waals surface area contributed by atoms with E-state index >= 15 is 0 Å². The highest BCUT2D eigenvalue weighted by molar-refractivity contribution is 5.36. The Morgan fingerprint density at radius 1 is 1.29 bits per heavy atom. The van der Waals surface area contributed by atoms with Crippen LogP contribution in [-0.4, -0.2) is 18.2 Å². The summed E-state index contributed by atoms with van der Waals surface area (Å²) >= 11 is 0.